The van der Waals surface area contributed by atoms with E-state index in [0.717, 1.165) is 32.2 Å². The maximum atomic E-state index is 12.6. The van der Waals surface area contributed by atoms with Crippen LogP contribution in [-0.2, 0) is 10.2 Å². The van der Waals surface area contributed by atoms with E-state index in [1.807, 2.05) is 7.05 Å². The Kier molecular flexibility index (Phi) is 5.44. The first-order valence-corrected chi connectivity index (χ1v) is 8.81. The van der Waals surface area contributed by atoms with Gasteiger partial charge in [0.05, 0.1) is 6.54 Å². The largest absolute Gasteiger partial charge is 0.319 e. The van der Waals surface area contributed by atoms with E-state index in [0.29, 0.717) is 31.5 Å². The van der Waals surface area contributed by atoms with Crippen LogP contribution in [0.3, 0.4) is 0 Å². The Balaban J connectivity index is 1.96. The van der Waals surface area contributed by atoms with Crippen LogP contribution in [0.5, 0.6) is 0 Å². The predicted octanol–water partition coefficient (Wildman–Crippen LogP) is 0.508. The Bertz CT molecular complexity index is 446. The van der Waals surface area contributed by atoms with Crippen LogP contribution in [0.25, 0.3) is 0 Å². The zero-order valence-corrected chi connectivity index (χ0v) is 13.0. The molecule has 2 rings (SSSR count). The van der Waals surface area contributed by atoms with Crippen LogP contribution in [0.15, 0.2) is 0 Å². The molecule has 1 N–H and O–H groups in total. The van der Waals surface area contributed by atoms with Crippen molar-refractivity contribution in [3.63, 3.8) is 0 Å². The summed E-state index contributed by atoms with van der Waals surface area (Å²) in [7, 11) is -1.44. The van der Waals surface area contributed by atoms with Crippen molar-refractivity contribution in [3.8, 4) is 12.3 Å². The van der Waals surface area contributed by atoms with Gasteiger partial charge < -0.3 is 5.32 Å². The summed E-state index contributed by atoms with van der Waals surface area (Å²) >= 11 is 0. The SMILES string of the molecule is C#CCN(CC1CC1)S(=O)(=O)N1CCC(CNC)CC1. The molecular formula is C14H25N3O2S. The van der Waals surface area contributed by atoms with Crippen LogP contribution >= 0.6 is 0 Å². The molecule has 1 aliphatic carbocycles. The van der Waals surface area contributed by atoms with E-state index in [1.165, 1.54) is 4.31 Å². The van der Waals surface area contributed by atoms with Gasteiger partial charge in [0.15, 0.2) is 0 Å². The summed E-state index contributed by atoms with van der Waals surface area (Å²) in [6, 6.07) is 0. The molecule has 1 saturated carbocycles. The first-order valence-electron chi connectivity index (χ1n) is 7.41. The maximum Gasteiger partial charge on any atom is 0.282 e. The fraction of sp³-hybridized carbons (Fsp3) is 0.857. The average Bonchev–Trinajstić information content (AvgIpc) is 3.23. The number of hydrogen-bond acceptors (Lipinski definition) is 3. The normalized spacial score (nSPS) is 22.1. The van der Waals surface area contributed by atoms with E-state index in [-0.39, 0.29) is 6.54 Å². The Labute approximate surface area is 122 Å². The number of terminal acetylenes is 1. The summed E-state index contributed by atoms with van der Waals surface area (Å²) in [4.78, 5) is 0. The second kappa shape index (κ2) is 6.90. The zero-order chi connectivity index (χ0) is 14.6. The topological polar surface area (TPSA) is 52.7 Å². The van der Waals surface area contributed by atoms with Crippen molar-refractivity contribution in [3.05, 3.63) is 0 Å². The molecule has 1 aliphatic heterocycles. The third-order valence-corrected chi connectivity index (χ3v) is 6.09. The van der Waals surface area contributed by atoms with Crippen LogP contribution in [0.4, 0.5) is 0 Å². The maximum absolute atomic E-state index is 12.6. The minimum Gasteiger partial charge on any atom is -0.319 e. The molecule has 1 saturated heterocycles. The molecule has 0 bridgehead atoms. The smallest absolute Gasteiger partial charge is 0.282 e. The number of nitrogens with one attached hydrogen (secondary N) is 1. The second-order valence-electron chi connectivity index (χ2n) is 5.85. The van der Waals surface area contributed by atoms with Gasteiger partial charge >= 0.3 is 0 Å². The first kappa shape index (κ1) is 15.8. The number of hydrogen-bond donors (Lipinski definition) is 1. The summed E-state index contributed by atoms with van der Waals surface area (Å²) in [6.45, 7) is 2.96. The molecule has 1 heterocycles. The highest BCUT2D eigenvalue weighted by molar-refractivity contribution is 7.86. The molecule has 0 radical (unpaired) electrons. The van der Waals surface area contributed by atoms with Gasteiger partial charge in [-0.15, -0.1) is 6.42 Å². The predicted molar refractivity (Wildman–Crippen MR) is 80.3 cm³/mol. The Morgan fingerprint density at radius 3 is 2.40 bits per heavy atom. The van der Waals surface area contributed by atoms with Gasteiger partial charge in [0.1, 0.15) is 0 Å². The summed E-state index contributed by atoms with van der Waals surface area (Å²) in [5.41, 5.74) is 0. The lowest BCUT2D eigenvalue weighted by molar-refractivity contribution is 0.253. The third kappa shape index (κ3) is 3.95. The quantitative estimate of drug-likeness (QED) is 0.697. The van der Waals surface area contributed by atoms with Crippen LogP contribution in [0.2, 0.25) is 0 Å². The monoisotopic (exact) mass is 299 g/mol. The average molecular weight is 299 g/mol. The van der Waals surface area contributed by atoms with Crippen molar-refractivity contribution in [1.82, 2.24) is 13.9 Å². The Morgan fingerprint density at radius 1 is 1.25 bits per heavy atom. The zero-order valence-electron chi connectivity index (χ0n) is 12.2. The first-order chi connectivity index (χ1) is 9.57. The van der Waals surface area contributed by atoms with Crippen LogP contribution in [0, 0.1) is 24.2 Å². The minimum absolute atomic E-state index is 0.190. The lowest BCUT2D eigenvalue weighted by Crippen LogP contribution is -2.48. The Morgan fingerprint density at radius 2 is 1.90 bits per heavy atom. The second-order valence-corrected chi connectivity index (χ2v) is 7.78. The van der Waals surface area contributed by atoms with Gasteiger partial charge in [-0.1, -0.05) is 5.92 Å². The molecule has 114 valence electrons. The summed E-state index contributed by atoms with van der Waals surface area (Å²) in [5, 5.41) is 3.16. The number of piperidine rings is 1. The lowest BCUT2D eigenvalue weighted by atomic mass is 9.98. The van der Waals surface area contributed by atoms with Crippen LogP contribution in [-0.4, -0.2) is 56.8 Å². The van der Waals surface area contributed by atoms with Gasteiger partial charge in [-0.2, -0.15) is 17.0 Å². The van der Waals surface area contributed by atoms with Crippen molar-refractivity contribution < 1.29 is 8.42 Å². The van der Waals surface area contributed by atoms with Gasteiger partial charge in [0.2, 0.25) is 0 Å². The fourth-order valence-corrected chi connectivity index (χ4v) is 4.36. The summed E-state index contributed by atoms with van der Waals surface area (Å²) in [6.07, 6.45) is 9.43. The van der Waals surface area contributed by atoms with E-state index >= 15 is 0 Å². The van der Waals surface area contributed by atoms with Crippen molar-refractivity contribution >= 4 is 10.2 Å². The van der Waals surface area contributed by atoms with Crippen molar-refractivity contribution in [1.29, 1.82) is 0 Å². The summed E-state index contributed by atoms with van der Waals surface area (Å²) < 4.78 is 28.4. The van der Waals surface area contributed by atoms with Gasteiger partial charge in [0.25, 0.3) is 10.2 Å². The van der Waals surface area contributed by atoms with E-state index < -0.39 is 10.2 Å². The summed E-state index contributed by atoms with van der Waals surface area (Å²) in [5.74, 6) is 3.58. The lowest BCUT2D eigenvalue weighted by Gasteiger charge is -2.34. The molecule has 2 aliphatic rings. The molecule has 0 aromatic carbocycles. The number of nitrogens with zero attached hydrogens (tertiary/aromatic N) is 2. The molecule has 6 heteroatoms. The van der Waals surface area contributed by atoms with E-state index in [4.69, 9.17) is 6.42 Å². The van der Waals surface area contributed by atoms with Crippen molar-refractivity contribution in [2.24, 2.45) is 11.8 Å². The highest BCUT2D eigenvalue weighted by Gasteiger charge is 2.35. The van der Waals surface area contributed by atoms with E-state index in [1.54, 1.807) is 4.31 Å². The van der Waals surface area contributed by atoms with Gasteiger partial charge in [-0.3, -0.25) is 0 Å². The molecule has 0 unspecified atom stereocenters. The molecular weight excluding hydrogens is 274 g/mol. The molecule has 0 amide bonds. The van der Waals surface area contributed by atoms with E-state index in [9.17, 15) is 8.42 Å². The third-order valence-electron chi connectivity index (χ3n) is 4.15. The van der Waals surface area contributed by atoms with Crippen LogP contribution < -0.4 is 5.32 Å². The molecule has 5 nitrogen and oxygen atoms in total. The van der Waals surface area contributed by atoms with Gasteiger partial charge in [0, 0.05) is 19.6 Å². The van der Waals surface area contributed by atoms with Crippen molar-refractivity contribution in [2.45, 2.75) is 25.7 Å². The molecule has 0 aromatic rings. The van der Waals surface area contributed by atoms with Crippen LogP contribution in [0.1, 0.15) is 25.7 Å². The fourth-order valence-electron chi connectivity index (χ4n) is 2.73. The Hall–Kier alpha value is -0.610. The standard InChI is InChI=1S/C14H25N3O2S/c1-3-8-17(12-14-4-5-14)20(18,19)16-9-6-13(7-10-16)11-15-2/h1,13-15H,4-12H2,2H3. The molecule has 0 spiro atoms. The van der Waals surface area contributed by atoms with E-state index in [2.05, 4.69) is 11.2 Å². The molecule has 20 heavy (non-hydrogen) atoms. The van der Waals surface area contributed by atoms with Crippen molar-refractivity contribution in [2.75, 3.05) is 39.8 Å². The van der Waals surface area contributed by atoms with Gasteiger partial charge in [-0.05, 0) is 51.1 Å². The minimum atomic E-state index is -3.38. The molecule has 2 fully saturated rings. The highest BCUT2D eigenvalue weighted by Crippen LogP contribution is 2.31. The highest BCUT2D eigenvalue weighted by atomic mass is 32.2. The molecule has 0 atom stereocenters. The van der Waals surface area contributed by atoms with Gasteiger partial charge in [-0.25, -0.2) is 0 Å². The number of rotatable bonds is 7. The molecule has 0 aromatic heterocycles.